The molecule has 2 atom stereocenters. The van der Waals surface area contributed by atoms with E-state index in [1.54, 1.807) is 24.5 Å². The maximum absolute atomic E-state index is 14.9. The van der Waals surface area contributed by atoms with Crippen LogP contribution in [0.3, 0.4) is 0 Å². The number of carbonyl (C=O) groups excluding carboxylic acids is 1. The minimum Gasteiger partial charge on any atom is -0.458 e. The fourth-order valence-electron chi connectivity index (χ4n) is 6.19. The molecule has 0 fully saturated rings. The second-order valence-electron chi connectivity index (χ2n) is 10.1. The molecule has 0 bridgehead atoms. The number of halogens is 1. The Labute approximate surface area is 206 Å². The number of carbonyl (C=O) groups is 1. The number of hydrogen-bond donors (Lipinski definition) is 2. The van der Waals surface area contributed by atoms with Gasteiger partial charge in [-0.25, -0.2) is 14.2 Å². The molecule has 1 aliphatic carbocycles. The molecule has 6 rings (SSSR count). The van der Waals surface area contributed by atoms with Crippen molar-refractivity contribution in [1.82, 2.24) is 9.55 Å². The Bertz CT molecular complexity index is 1550. The van der Waals surface area contributed by atoms with Crippen LogP contribution in [0.1, 0.15) is 60.1 Å². The lowest BCUT2D eigenvalue weighted by Gasteiger charge is -2.37. The number of benzene rings is 1. The van der Waals surface area contributed by atoms with Crippen LogP contribution in [0.15, 0.2) is 16.9 Å². The summed E-state index contributed by atoms with van der Waals surface area (Å²) in [5.41, 5.74) is 1.94. The Morgan fingerprint density at radius 1 is 1.25 bits per heavy atom. The molecule has 1 aromatic carbocycles. The number of aromatic nitrogens is 2. The second kappa shape index (κ2) is 7.68. The molecule has 4 heterocycles. The first-order valence-corrected chi connectivity index (χ1v) is 12.2. The molecule has 3 aromatic rings. The summed E-state index contributed by atoms with van der Waals surface area (Å²) in [6, 6.07) is 3.06. The monoisotopic (exact) mass is 494 g/mol. The Morgan fingerprint density at radius 2 is 2.03 bits per heavy atom. The average molecular weight is 495 g/mol. The van der Waals surface area contributed by atoms with E-state index in [-0.39, 0.29) is 55.3 Å². The first kappa shape index (κ1) is 23.3. The summed E-state index contributed by atoms with van der Waals surface area (Å²) in [4.78, 5) is 30.9. The summed E-state index contributed by atoms with van der Waals surface area (Å²) in [5.74, 6) is -1.13. The summed E-state index contributed by atoms with van der Waals surface area (Å²) in [7, 11) is 0. The first-order valence-electron chi connectivity index (χ1n) is 12.2. The fourth-order valence-corrected chi connectivity index (χ4v) is 6.19. The number of aliphatic hydroxyl groups is 2. The lowest BCUT2D eigenvalue weighted by Crippen LogP contribution is -2.44. The van der Waals surface area contributed by atoms with E-state index in [0.29, 0.717) is 35.3 Å². The molecule has 0 radical (unpaired) electrons. The number of fused-ring (bicyclic) bond motifs is 5. The van der Waals surface area contributed by atoms with Crippen molar-refractivity contribution in [3.63, 3.8) is 0 Å². The van der Waals surface area contributed by atoms with Crippen LogP contribution in [0.5, 0.6) is 0 Å². The first-order chi connectivity index (χ1) is 17.1. The van der Waals surface area contributed by atoms with Gasteiger partial charge in [0.2, 0.25) is 0 Å². The second-order valence-corrected chi connectivity index (χ2v) is 10.1. The zero-order chi connectivity index (χ0) is 25.6. The van der Waals surface area contributed by atoms with Gasteiger partial charge in [0.25, 0.3) is 5.56 Å². The van der Waals surface area contributed by atoms with Crippen LogP contribution in [-0.4, -0.2) is 38.9 Å². The van der Waals surface area contributed by atoms with Gasteiger partial charge in [-0.15, -0.1) is 0 Å². The van der Waals surface area contributed by atoms with Gasteiger partial charge in [0.1, 0.15) is 12.4 Å². The molecule has 2 aliphatic heterocycles. The van der Waals surface area contributed by atoms with Crippen molar-refractivity contribution in [2.24, 2.45) is 0 Å². The average Bonchev–Trinajstić information content (AvgIpc) is 3.23. The number of aryl methyl sites for hydroxylation is 1. The fraction of sp³-hybridized carbons (Fsp3) is 0.444. The lowest BCUT2D eigenvalue weighted by molar-refractivity contribution is -0.172. The van der Waals surface area contributed by atoms with E-state index in [0.717, 1.165) is 22.1 Å². The van der Waals surface area contributed by atoms with Crippen LogP contribution in [0.4, 0.5) is 4.39 Å². The molecular formula is C27H27FN2O6. The third kappa shape index (κ3) is 2.87. The van der Waals surface area contributed by atoms with Gasteiger partial charge < -0.3 is 24.3 Å². The van der Waals surface area contributed by atoms with Gasteiger partial charge in [0.05, 0.1) is 47.8 Å². The number of aliphatic hydroxyl groups excluding tert-OH is 1. The van der Waals surface area contributed by atoms with Crippen molar-refractivity contribution in [2.45, 2.75) is 64.4 Å². The van der Waals surface area contributed by atoms with Crippen LogP contribution in [0, 0.1) is 12.7 Å². The third-order valence-electron chi connectivity index (χ3n) is 8.20. The van der Waals surface area contributed by atoms with E-state index in [1.807, 2.05) is 6.92 Å². The molecule has 0 spiro atoms. The number of esters is 1. The SMILES string of the molecule is CC[C@@]1(O)C(=O)OCc2c1cc1n(c2=O)Cc2c-1nc1cc(F)c(C)c3c1c2[C@@](C)(OCCO)CC3. The minimum atomic E-state index is -1.93. The third-order valence-corrected chi connectivity index (χ3v) is 8.20. The molecule has 36 heavy (non-hydrogen) atoms. The van der Waals surface area contributed by atoms with Gasteiger partial charge in [-0.05, 0) is 50.3 Å². The summed E-state index contributed by atoms with van der Waals surface area (Å²) in [6.45, 7) is 5.38. The van der Waals surface area contributed by atoms with E-state index >= 15 is 0 Å². The van der Waals surface area contributed by atoms with Crippen LogP contribution >= 0.6 is 0 Å². The van der Waals surface area contributed by atoms with E-state index < -0.39 is 17.2 Å². The maximum Gasteiger partial charge on any atom is 0.343 e. The smallest absolute Gasteiger partial charge is 0.343 e. The van der Waals surface area contributed by atoms with Crippen LogP contribution in [0.25, 0.3) is 22.3 Å². The molecule has 8 nitrogen and oxygen atoms in total. The van der Waals surface area contributed by atoms with Crippen LogP contribution in [0.2, 0.25) is 0 Å². The standard InChI is InChI=1S/C27H27FN2O6/c1-4-27(34)17-9-20-23-15(11-30(20)24(32)16(17)12-35-25(27)33)22-21-14(5-6-26(22,3)36-8-7-31)13(2)18(28)10-19(21)29-23/h9-10,31,34H,4-8,11-12H2,1-3H3/t26-,27-/m0/s1. The number of ether oxygens (including phenoxy) is 2. The predicted molar refractivity (Wildman–Crippen MR) is 128 cm³/mol. The molecular weight excluding hydrogens is 467 g/mol. The number of pyridine rings is 2. The quantitative estimate of drug-likeness (QED) is 0.420. The number of hydrogen-bond acceptors (Lipinski definition) is 7. The molecule has 0 unspecified atom stereocenters. The lowest BCUT2D eigenvalue weighted by atomic mass is 9.76. The topological polar surface area (TPSA) is 111 Å². The number of cyclic esters (lactones) is 1. The number of nitrogens with zero attached hydrogens (tertiary/aromatic N) is 2. The van der Waals surface area contributed by atoms with Crippen molar-refractivity contribution >= 4 is 16.9 Å². The largest absolute Gasteiger partial charge is 0.458 e. The highest BCUT2D eigenvalue weighted by molar-refractivity contribution is 5.93. The van der Waals surface area contributed by atoms with Gasteiger partial charge in [0.15, 0.2) is 5.60 Å². The zero-order valence-electron chi connectivity index (χ0n) is 20.4. The van der Waals surface area contributed by atoms with Gasteiger partial charge in [0, 0.05) is 28.1 Å². The summed E-state index contributed by atoms with van der Waals surface area (Å²) in [5, 5.41) is 21.4. The van der Waals surface area contributed by atoms with E-state index in [4.69, 9.17) is 14.5 Å². The Hall–Kier alpha value is -3.14. The molecule has 3 aliphatic rings. The summed E-state index contributed by atoms with van der Waals surface area (Å²) in [6.07, 6.45) is 1.22. The Balaban J connectivity index is 1.69. The number of rotatable bonds is 4. The van der Waals surface area contributed by atoms with Gasteiger partial charge in [-0.2, -0.15) is 0 Å². The highest BCUT2D eigenvalue weighted by Gasteiger charge is 2.46. The van der Waals surface area contributed by atoms with Crippen LogP contribution in [-0.2, 0) is 45.0 Å². The van der Waals surface area contributed by atoms with Crippen molar-refractivity contribution in [3.8, 4) is 11.4 Å². The predicted octanol–water partition coefficient (Wildman–Crippen LogP) is 2.70. The highest BCUT2D eigenvalue weighted by Crippen LogP contribution is 2.49. The molecule has 0 amide bonds. The molecule has 2 N–H and O–H groups in total. The Morgan fingerprint density at radius 3 is 2.75 bits per heavy atom. The molecule has 188 valence electrons. The van der Waals surface area contributed by atoms with Crippen molar-refractivity contribution in [2.75, 3.05) is 13.2 Å². The van der Waals surface area contributed by atoms with Crippen molar-refractivity contribution < 1.29 is 28.9 Å². The van der Waals surface area contributed by atoms with Gasteiger partial charge in [-0.1, -0.05) is 6.92 Å². The minimum absolute atomic E-state index is 0.0475. The molecule has 0 saturated heterocycles. The summed E-state index contributed by atoms with van der Waals surface area (Å²) >= 11 is 0. The van der Waals surface area contributed by atoms with E-state index in [9.17, 15) is 24.2 Å². The normalized spacial score (nSPS) is 23.9. The van der Waals surface area contributed by atoms with Crippen molar-refractivity contribution in [1.29, 1.82) is 0 Å². The molecule has 9 heteroatoms. The molecule has 0 saturated carbocycles. The molecule has 2 aromatic heterocycles. The van der Waals surface area contributed by atoms with E-state index in [2.05, 4.69) is 0 Å². The van der Waals surface area contributed by atoms with Gasteiger partial charge in [-0.3, -0.25) is 4.79 Å². The van der Waals surface area contributed by atoms with Gasteiger partial charge >= 0.3 is 5.97 Å². The van der Waals surface area contributed by atoms with E-state index in [1.165, 1.54) is 6.07 Å². The van der Waals surface area contributed by atoms with Crippen molar-refractivity contribution in [3.05, 3.63) is 61.7 Å². The summed E-state index contributed by atoms with van der Waals surface area (Å²) < 4.78 is 27.9. The zero-order valence-corrected chi connectivity index (χ0v) is 20.4. The highest BCUT2D eigenvalue weighted by atomic mass is 19.1. The Kier molecular flexibility index (Phi) is 4.96. The maximum atomic E-state index is 14.9. The van der Waals surface area contributed by atoms with Crippen LogP contribution < -0.4 is 5.56 Å².